The minimum absolute atomic E-state index is 0.0121. The van der Waals surface area contributed by atoms with E-state index >= 15 is 0 Å². The summed E-state index contributed by atoms with van der Waals surface area (Å²) in [5.74, 6) is -0.260. The van der Waals surface area contributed by atoms with E-state index in [4.69, 9.17) is 0 Å². The highest BCUT2D eigenvalue weighted by atomic mass is 32.2. The van der Waals surface area contributed by atoms with Crippen LogP contribution in [0.1, 0.15) is 37.3 Å². The quantitative estimate of drug-likeness (QED) is 0.280. The fourth-order valence-electron chi connectivity index (χ4n) is 4.92. The Bertz CT molecular complexity index is 1410. The van der Waals surface area contributed by atoms with E-state index in [-0.39, 0.29) is 23.6 Å². The number of amides is 2. The number of halogens is 1. The van der Waals surface area contributed by atoms with E-state index in [1.165, 1.54) is 40.9 Å². The minimum atomic E-state index is -0.912. The lowest BCUT2D eigenvalue weighted by Crippen LogP contribution is -2.47. The van der Waals surface area contributed by atoms with Gasteiger partial charge in [-0.05, 0) is 42.7 Å². The van der Waals surface area contributed by atoms with Crippen LogP contribution in [0.15, 0.2) is 90.1 Å². The second kappa shape index (κ2) is 12.3. The third-order valence-corrected chi connectivity index (χ3v) is 7.89. The molecular weight excluding hydrogens is 513 g/mol. The number of benzene rings is 3. The molecule has 0 unspecified atom stereocenters. The molecule has 0 radical (unpaired) electrons. The maximum absolute atomic E-state index is 13.9. The van der Waals surface area contributed by atoms with E-state index in [9.17, 15) is 14.0 Å². The van der Waals surface area contributed by atoms with E-state index in [0.29, 0.717) is 22.2 Å². The second-order valence-corrected chi connectivity index (χ2v) is 10.5. The number of hydrogen-bond donors (Lipinski definition) is 1. The molecule has 2 amide bonds. The Morgan fingerprint density at radius 1 is 0.974 bits per heavy atom. The average Bonchev–Trinajstić information content (AvgIpc) is 3.61. The first-order valence-electron chi connectivity index (χ1n) is 13.0. The topological polar surface area (TPSA) is 80.1 Å². The molecule has 39 heavy (non-hydrogen) atoms. The number of aromatic nitrogens is 3. The Labute approximate surface area is 231 Å². The zero-order chi connectivity index (χ0) is 27.2. The summed E-state index contributed by atoms with van der Waals surface area (Å²) in [5.41, 5.74) is 2.05. The summed E-state index contributed by atoms with van der Waals surface area (Å²) in [7, 11) is 1.86. The van der Waals surface area contributed by atoms with Crippen LogP contribution in [0.25, 0.3) is 11.4 Å². The molecule has 1 heterocycles. The lowest BCUT2D eigenvalue weighted by Gasteiger charge is -2.32. The van der Waals surface area contributed by atoms with Crippen LogP contribution in [-0.4, -0.2) is 38.4 Å². The molecule has 1 saturated carbocycles. The number of thioether (sulfide) groups is 1. The Balaban J connectivity index is 1.44. The van der Waals surface area contributed by atoms with Crippen LogP contribution in [0, 0.1) is 5.82 Å². The SMILES string of the molecule is Cn1c(SCC(=O)N(c2ccc(F)cc2)[C@@H](C(=O)NC2CCCC2)c2ccccc2)nnc1-c1ccccc1. The van der Waals surface area contributed by atoms with Gasteiger partial charge in [0, 0.05) is 24.3 Å². The molecule has 4 aromatic rings. The highest BCUT2D eigenvalue weighted by molar-refractivity contribution is 7.99. The van der Waals surface area contributed by atoms with Crippen molar-refractivity contribution in [3.8, 4) is 11.4 Å². The fourth-order valence-corrected chi connectivity index (χ4v) is 5.69. The molecular formula is C30H30FN5O2S. The molecule has 0 bridgehead atoms. The molecule has 1 N–H and O–H groups in total. The molecule has 7 nitrogen and oxygen atoms in total. The molecule has 200 valence electrons. The summed E-state index contributed by atoms with van der Waals surface area (Å²) < 4.78 is 15.7. The van der Waals surface area contributed by atoms with Crippen molar-refractivity contribution in [1.29, 1.82) is 0 Å². The molecule has 1 aromatic heterocycles. The molecule has 9 heteroatoms. The first-order valence-corrected chi connectivity index (χ1v) is 14.0. The van der Waals surface area contributed by atoms with Crippen molar-refractivity contribution < 1.29 is 14.0 Å². The van der Waals surface area contributed by atoms with E-state index in [1.807, 2.05) is 72.3 Å². The van der Waals surface area contributed by atoms with E-state index in [0.717, 1.165) is 31.2 Å². The van der Waals surface area contributed by atoms with E-state index < -0.39 is 11.9 Å². The molecule has 0 spiro atoms. The third-order valence-electron chi connectivity index (χ3n) is 6.89. The Kier molecular flexibility index (Phi) is 8.36. The Morgan fingerprint density at radius 3 is 2.28 bits per heavy atom. The van der Waals surface area contributed by atoms with Gasteiger partial charge in [-0.15, -0.1) is 10.2 Å². The number of carbonyl (C=O) groups is 2. The third kappa shape index (κ3) is 6.20. The van der Waals surface area contributed by atoms with Crippen LogP contribution in [0.3, 0.4) is 0 Å². The van der Waals surface area contributed by atoms with Gasteiger partial charge in [0.15, 0.2) is 11.0 Å². The number of nitrogens with zero attached hydrogens (tertiary/aromatic N) is 4. The van der Waals surface area contributed by atoms with E-state index in [2.05, 4.69) is 15.5 Å². The van der Waals surface area contributed by atoms with Crippen LogP contribution < -0.4 is 10.2 Å². The standard InChI is InChI=1S/C30H30FN5O2S/c1-35-28(22-12-6-3-7-13-22)33-34-30(35)39-20-26(37)36(25-18-16-23(31)17-19-25)27(21-10-4-2-5-11-21)29(38)32-24-14-8-9-15-24/h2-7,10-13,16-19,24,27H,8-9,14-15,20H2,1H3,(H,32,38)/t27-/m1/s1. The average molecular weight is 544 g/mol. The number of anilines is 1. The van der Waals surface area contributed by atoms with Crippen LogP contribution in [0.2, 0.25) is 0 Å². The molecule has 0 aliphatic heterocycles. The van der Waals surface area contributed by atoms with Crippen molar-refractivity contribution >= 4 is 29.3 Å². The number of nitrogens with one attached hydrogen (secondary N) is 1. The second-order valence-electron chi connectivity index (χ2n) is 9.56. The normalized spacial score (nSPS) is 14.2. The van der Waals surface area contributed by atoms with Gasteiger partial charge < -0.3 is 9.88 Å². The van der Waals surface area contributed by atoms with Crippen LogP contribution in [0.4, 0.5) is 10.1 Å². The predicted molar refractivity (Wildman–Crippen MR) is 151 cm³/mol. The van der Waals surface area contributed by atoms with Crippen LogP contribution in [0.5, 0.6) is 0 Å². The number of hydrogen-bond acceptors (Lipinski definition) is 5. The molecule has 0 saturated heterocycles. The highest BCUT2D eigenvalue weighted by Crippen LogP contribution is 2.31. The summed E-state index contributed by atoms with van der Waals surface area (Å²) in [5, 5.41) is 12.3. The summed E-state index contributed by atoms with van der Waals surface area (Å²) in [6, 6.07) is 23.8. The molecule has 5 rings (SSSR count). The van der Waals surface area contributed by atoms with Gasteiger partial charge in [-0.3, -0.25) is 14.5 Å². The number of rotatable bonds is 9. The van der Waals surface area contributed by atoms with Crippen molar-refractivity contribution in [3.05, 3.63) is 96.3 Å². The van der Waals surface area contributed by atoms with Gasteiger partial charge in [0.05, 0.1) is 5.75 Å². The van der Waals surface area contributed by atoms with Crippen molar-refractivity contribution in [3.63, 3.8) is 0 Å². The summed E-state index contributed by atoms with van der Waals surface area (Å²) in [6.45, 7) is 0. The predicted octanol–water partition coefficient (Wildman–Crippen LogP) is 5.55. The maximum Gasteiger partial charge on any atom is 0.248 e. The van der Waals surface area contributed by atoms with Gasteiger partial charge >= 0.3 is 0 Å². The molecule has 1 aliphatic carbocycles. The van der Waals surface area contributed by atoms with Gasteiger partial charge in [0.25, 0.3) is 0 Å². The van der Waals surface area contributed by atoms with Gasteiger partial charge in [-0.25, -0.2) is 4.39 Å². The van der Waals surface area contributed by atoms with Crippen molar-refractivity contribution in [2.75, 3.05) is 10.7 Å². The Hall–Kier alpha value is -3.98. The van der Waals surface area contributed by atoms with Crippen molar-refractivity contribution in [1.82, 2.24) is 20.1 Å². The summed E-state index contributed by atoms with van der Waals surface area (Å²) >= 11 is 1.25. The van der Waals surface area contributed by atoms with Crippen molar-refractivity contribution in [2.24, 2.45) is 7.05 Å². The molecule has 1 fully saturated rings. The first-order chi connectivity index (χ1) is 19.0. The maximum atomic E-state index is 13.9. The zero-order valence-corrected chi connectivity index (χ0v) is 22.5. The smallest absolute Gasteiger partial charge is 0.248 e. The van der Waals surface area contributed by atoms with Crippen LogP contribution in [-0.2, 0) is 16.6 Å². The summed E-state index contributed by atoms with van der Waals surface area (Å²) in [6.07, 6.45) is 3.98. The largest absolute Gasteiger partial charge is 0.351 e. The lowest BCUT2D eigenvalue weighted by molar-refractivity contribution is -0.126. The van der Waals surface area contributed by atoms with Gasteiger partial charge in [-0.1, -0.05) is 85.3 Å². The van der Waals surface area contributed by atoms with Gasteiger partial charge in [-0.2, -0.15) is 0 Å². The monoisotopic (exact) mass is 543 g/mol. The lowest BCUT2D eigenvalue weighted by atomic mass is 10.0. The zero-order valence-electron chi connectivity index (χ0n) is 21.7. The van der Waals surface area contributed by atoms with Gasteiger partial charge in [0.2, 0.25) is 11.8 Å². The highest BCUT2D eigenvalue weighted by Gasteiger charge is 2.34. The number of carbonyl (C=O) groups excluding carboxylic acids is 2. The first kappa shape index (κ1) is 26.6. The van der Waals surface area contributed by atoms with Gasteiger partial charge in [0.1, 0.15) is 11.9 Å². The molecule has 1 aliphatic rings. The Morgan fingerprint density at radius 2 is 1.62 bits per heavy atom. The molecule has 3 aromatic carbocycles. The summed E-state index contributed by atoms with van der Waals surface area (Å²) in [4.78, 5) is 29.2. The minimum Gasteiger partial charge on any atom is -0.351 e. The van der Waals surface area contributed by atoms with Crippen molar-refractivity contribution in [2.45, 2.75) is 42.9 Å². The fraction of sp³-hybridized carbons (Fsp3) is 0.267. The van der Waals surface area contributed by atoms with Crippen LogP contribution >= 0.6 is 11.8 Å². The van der Waals surface area contributed by atoms with E-state index in [1.54, 1.807) is 0 Å². The molecule has 1 atom stereocenters.